The topological polar surface area (TPSA) is 90.5 Å². The fraction of sp³-hybridized carbons (Fsp3) is 0.786. The van der Waals surface area contributed by atoms with E-state index in [2.05, 4.69) is 20.9 Å². The Morgan fingerprint density at radius 2 is 2.24 bits per heavy atom. The lowest BCUT2D eigenvalue weighted by atomic mass is 9.80. The SMILES string of the molecule is CCCNC(=O)CN1CCC[C@H]([C@]2(C)NC(=O)NC2=O)C1. The molecule has 0 aromatic carbocycles. The number of amides is 4. The van der Waals surface area contributed by atoms with Gasteiger partial charge in [-0.05, 0) is 32.7 Å². The Kier molecular flexibility index (Phi) is 4.82. The van der Waals surface area contributed by atoms with Gasteiger partial charge < -0.3 is 10.6 Å². The van der Waals surface area contributed by atoms with Gasteiger partial charge in [0.25, 0.3) is 5.91 Å². The number of carbonyl (C=O) groups excluding carboxylic acids is 3. The van der Waals surface area contributed by atoms with Gasteiger partial charge in [-0.15, -0.1) is 0 Å². The molecular formula is C14H24N4O3. The number of piperidine rings is 1. The quantitative estimate of drug-likeness (QED) is 0.614. The summed E-state index contributed by atoms with van der Waals surface area (Å²) in [7, 11) is 0. The minimum atomic E-state index is -0.865. The van der Waals surface area contributed by atoms with Crippen LogP contribution in [-0.4, -0.2) is 54.5 Å². The van der Waals surface area contributed by atoms with Crippen molar-refractivity contribution in [2.75, 3.05) is 26.2 Å². The standard InChI is InChI=1S/C14H24N4O3/c1-3-6-15-11(19)9-18-7-4-5-10(8-18)14(2)12(20)16-13(21)17-14/h10H,3-9H2,1-2H3,(H,15,19)(H2,16,17,20,21)/t10-,14-/m0/s1. The minimum absolute atomic E-state index is 0.0163. The summed E-state index contributed by atoms with van der Waals surface area (Å²) in [5.41, 5.74) is -0.865. The van der Waals surface area contributed by atoms with Crippen LogP contribution in [0.4, 0.5) is 4.79 Å². The maximum Gasteiger partial charge on any atom is 0.322 e. The summed E-state index contributed by atoms with van der Waals surface area (Å²) in [6.07, 6.45) is 2.71. The third-order valence-electron chi connectivity index (χ3n) is 4.33. The molecule has 118 valence electrons. The third kappa shape index (κ3) is 3.53. The average Bonchev–Trinajstić information content (AvgIpc) is 2.71. The highest BCUT2D eigenvalue weighted by molar-refractivity contribution is 6.07. The summed E-state index contributed by atoms with van der Waals surface area (Å²) >= 11 is 0. The molecule has 3 N–H and O–H groups in total. The van der Waals surface area contributed by atoms with Crippen molar-refractivity contribution in [3.8, 4) is 0 Å². The average molecular weight is 296 g/mol. The van der Waals surface area contributed by atoms with Crippen LogP contribution in [-0.2, 0) is 9.59 Å². The van der Waals surface area contributed by atoms with Gasteiger partial charge in [0, 0.05) is 19.0 Å². The Balaban J connectivity index is 1.93. The molecule has 0 bridgehead atoms. The van der Waals surface area contributed by atoms with Crippen molar-refractivity contribution in [1.29, 1.82) is 0 Å². The number of likely N-dealkylation sites (tertiary alicyclic amines) is 1. The molecule has 2 atom stereocenters. The smallest absolute Gasteiger partial charge is 0.322 e. The lowest BCUT2D eigenvalue weighted by molar-refractivity contribution is -0.126. The van der Waals surface area contributed by atoms with Crippen LogP contribution in [0.1, 0.15) is 33.1 Å². The molecule has 0 radical (unpaired) electrons. The number of nitrogens with zero attached hydrogens (tertiary/aromatic N) is 1. The number of carbonyl (C=O) groups is 3. The summed E-state index contributed by atoms with van der Waals surface area (Å²) in [5, 5.41) is 7.89. The van der Waals surface area contributed by atoms with Crippen LogP contribution in [0.2, 0.25) is 0 Å². The number of rotatable bonds is 5. The molecule has 2 rings (SSSR count). The van der Waals surface area contributed by atoms with E-state index in [0.717, 1.165) is 25.8 Å². The van der Waals surface area contributed by atoms with Crippen molar-refractivity contribution in [2.24, 2.45) is 5.92 Å². The highest BCUT2D eigenvalue weighted by Crippen LogP contribution is 2.29. The molecule has 0 aliphatic carbocycles. The Hall–Kier alpha value is -1.63. The largest absolute Gasteiger partial charge is 0.355 e. The van der Waals surface area contributed by atoms with Crippen LogP contribution in [0, 0.1) is 5.92 Å². The van der Waals surface area contributed by atoms with Gasteiger partial charge in [0.15, 0.2) is 0 Å². The number of imide groups is 1. The van der Waals surface area contributed by atoms with Gasteiger partial charge in [-0.25, -0.2) is 4.79 Å². The monoisotopic (exact) mass is 296 g/mol. The summed E-state index contributed by atoms with van der Waals surface area (Å²) in [5.74, 6) is -0.228. The molecule has 2 saturated heterocycles. The van der Waals surface area contributed by atoms with E-state index in [1.807, 2.05) is 6.92 Å². The van der Waals surface area contributed by atoms with Gasteiger partial charge in [0.1, 0.15) is 5.54 Å². The molecule has 0 saturated carbocycles. The molecule has 0 spiro atoms. The third-order valence-corrected chi connectivity index (χ3v) is 4.33. The van der Waals surface area contributed by atoms with Crippen molar-refractivity contribution in [3.05, 3.63) is 0 Å². The van der Waals surface area contributed by atoms with Crippen LogP contribution in [0.25, 0.3) is 0 Å². The summed E-state index contributed by atoms with van der Waals surface area (Å²) < 4.78 is 0. The Labute approximate surface area is 124 Å². The minimum Gasteiger partial charge on any atom is -0.355 e. The second-order valence-electron chi connectivity index (χ2n) is 6.03. The molecule has 0 aromatic heterocycles. The maximum atomic E-state index is 12.0. The molecule has 2 aliphatic heterocycles. The first-order chi connectivity index (χ1) is 9.95. The molecule has 2 fully saturated rings. The van der Waals surface area contributed by atoms with E-state index in [0.29, 0.717) is 19.6 Å². The van der Waals surface area contributed by atoms with Gasteiger partial charge in [0.05, 0.1) is 6.54 Å². The second-order valence-corrected chi connectivity index (χ2v) is 6.03. The molecule has 2 heterocycles. The molecule has 0 unspecified atom stereocenters. The highest BCUT2D eigenvalue weighted by Gasteiger charge is 2.48. The van der Waals surface area contributed by atoms with Crippen molar-refractivity contribution >= 4 is 17.8 Å². The highest BCUT2D eigenvalue weighted by atomic mass is 16.2. The number of hydrogen-bond acceptors (Lipinski definition) is 4. The van der Waals surface area contributed by atoms with E-state index in [-0.39, 0.29) is 17.7 Å². The van der Waals surface area contributed by atoms with E-state index < -0.39 is 11.6 Å². The lowest BCUT2D eigenvalue weighted by Gasteiger charge is -2.39. The van der Waals surface area contributed by atoms with E-state index in [9.17, 15) is 14.4 Å². The number of nitrogens with one attached hydrogen (secondary N) is 3. The van der Waals surface area contributed by atoms with E-state index in [1.165, 1.54) is 0 Å². The normalized spacial score (nSPS) is 29.9. The first-order valence-electron chi connectivity index (χ1n) is 7.58. The summed E-state index contributed by atoms with van der Waals surface area (Å²) in [4.78, 5) is 37.2. The molecule has 7 heteroatoms. The van der Waals surface area contributed by atoms with Gasteiger partial charge in [0.2, 0.25) is 5.91 Å². The second kappa shape index (κ2) is 6.43. The van der Waals surface area contributed by atoms with Gasteiger partial charge in [-0.1, -0.05) is 6.92 Å². The Morgan fingerprint density at radius 1 is 1.48 bits per heavy atom. The van der Waals surface area contributed by atoms with Crippen LogP contribution < -0.4 is 16.0 Å². The van der Waals surface area contributed by atoms with Gasteiger partial charge >= 0.3 is 6.03 Å². The van der Waals surface area contributed by atoms with Crippen LogP contribution in [0.3, 0.4) is 0 Å². The van der Waals surface area contributed by atoms with Crippen molar-refractivity contribution < 1.29 is 14.4 Å². The summed E-state index contributed by atoms with van der Waals surface area (Å²) in [6.45, 7) is 6.30. The molecule has 0 aromatic rings. The van der Waals surface area contributed by atoms with Crippen LogP contribution in [0.15, 0.2) is 0 Å². The number of hydrogen-bond donors (Lipinski definition) is 3. The molecule has 4 amide bonds. The first-order valence-corrected chi connectivity index (χ1v) is 7.58. The van der Waals surface area contributed by atoms with Crippen molar-refractivity contribution in [3.63, 3.8) is 0 Å². The maximum absolute atomic E-state index is 12.0. The predicted molar refractivity (Wildman–Crippen MR) is 77.5 cm³/mol. The van der Waals surface area contributed by atoms with Crippen molar-refractivity contribution in [2.45, 2.75) is 38.6 Å². The zero-order valence-electron chi connectivity index (χ0n) is 12.7. The molecular weight excluding hydrogens is 272 g/mol. The molecule has 7 nitrogen and oxygen atoms in total. The van der Waals surface area contributed by atoms with Crippen LogP contribution in [0.5, 0.6) is 0 Å². The summed E-state index contributed by atoms with van der Waals surface area (Å²) in [6, 6.07) is -0.430. The van der Waals surface area contributed by atoms with Crippen LogP contribution >= 0.6 is 0 Å². The fourth-order valence-corrected chi connectivity index (χ4v) is 3.04. The van der Waals surface area contributed by atoms with E-state index >= 15 is 0 Å². The zero-order chi connectivity index (χ0) is 15.5. The first kappa shape index (κ1) is 15.8. The molecule has 21 heavy (non-hydrogen) atoms. The van der Waals surface area contributed by atoms with E-state index in [4.69, 9.17) is 0 Å². The predicted octanol–water partition coefficient (Wildman–Crippen LogP) is -0.177. The van der Waals surface area contributed by atoms with Gasteiger partial charge in [-0.3, -0.25) is 19.8 Å². The number of urea groups is 1. The lowest BCUT2D eigenvalue weighted by Crippen LogP contribution is -2.56. The van der Waals surface area contributed by atoms with Crippen molar-refractivity contribution in [1.82, 2.24) is 20.9 Å². The van der Waals surface area contributed by atoms with E-state index in [1.54, 1.807) is 6.92 Å². The Morgan fingerprint density at radius 3 is 2.86 bits per heavy atom. The molecule has 2 aliphatic rings. The zero-order valence-corrected chi connectivity index (χ0v) is 12.7. The fourth-order valence-electron chi connectivity index (χ4n) is 3.04. The van der Waals surface area contributed by atoms with Gasteiger partial charge in [-0.2, -0.15) is 0 Å². The Bertz CT molecular complexity index is 440.